The standard InChI is InChI=1S/C23H22N2O3S2/c26-21(25-12-6-7-13-25)16-29-20-11-5-4-10-19(20)23(27)28-14-18-15-30-22(24-18)17-8-2-1-3-9-17/h1-5,8-11,15H,6-7,12-14,16H2. The monoisotopic (exact) mass is 438 g/mol. The Morgan fingerprint density at radius 3 is 2.57 bits per heavy atom. The number of ether oxygens (including phenoxy) is 1. The molecular formula is C23H22N2O3S2. The van der Waals surface area contributed by atoms with Crippen LogP contribution < -0.4 is 0 Å². The van der Waals surface area contributed by atoms with E-state index in [1.54, 1.807) is 12.1 Å². The lowest BCUT2D eigenvalue weighted by Gasteiger charge is -2.15. The summed E-state index contributed by atoms with van der Waals surface area (Å²) in [6.07, 6.45) is 2.14. The number of rotatable bonds is 7. The summed E-state index contributed by atoms with van der Waals surface area (Å²) in [4.78, 5) is 32.2. The molecule has 0 aliphatic carbocycles. The number of carbonyl (C=O) groups excluding carboxylic acids is 2. The molecule has 0 unspecified atom stereocenters. The molecule has 3 aromatic rings. The molecule has 2 heterocycles. The molecule has 0 radical (unpaired) electrons. The van der Waals surface area contributed by atoms with Crippen LogP contribution in [0, 0.1) is 0 Å². The molecule has 0 N–H and O–H groups in total. The highest BCUT2D eigenvalue weighted by molar-refractivity contribution is 8.00. The first kappa shape index (κ1) is 20.6. The zero-order valence-electron chi connectivity index (χ0n) is 16.5. The molecule has 4 rings (SSSR count). The van der Waals surface area contributed by atoms with Crippen molar-refractivity contribution in [3.63, 3.8) is 0 Å². The highest BCUT2D eigenvalue weighted by Crippen LogP contribution is 2.26. The number of thioether (sulfide) groups is 1. The molecular weight excluding hydrogens is 416 g/mol. The zero-order valence-corrected chi connectivity index (χ0v) is 18.1. The van der Waals surface area contributed by atoms with Crippen molar-refractivity contribution in [1.29, 1.82) is 0 Å². The van der Waals surface area contributed by atoms with Crippen LogP contribution in [0.3, 0.4) is 0 Å². The number of esters is 1. The van der Waals surface area contributed by atoms with E-state index in [-0.39, 0.29) is 12.5 Å². The highest BCUT2D eigenvalue weighted by atomic mass is 32.2. The third-order valence-corrected chi connectivity index (χ3v) is 6.84. The minimum Gasteiger partial charge on any atom is -0.456 e. The fraction of sp³-hybridized carbons (Fsp3) is 0.261. The minimum absolute atomic E-state index is 0.119. The Morgan fingerprint density at radius 1 is 1.03 bits per heavy atom. The van der Waals surface area contributed by atoms with Gasteiger partial charge in [0.15, 0.2) is 0 Å². The molecule has 0 bridgehead atoms. The predicted molar refractivity (Wildman–Crippen MR) is 120 cm³/mol. The molecule has 154 valence electrons. The minimum atomic E-state index is -0.402. The fourth-order valence-corrected chi connectivity index (χ4v) is 5.02. The molecule has 1 aromatic heterocycles. The van der Waals surface area contributed by atoms with E-state index in [4.69, 9.17) is 4.74 Å². The van der Waals surface area contributed by atoms with Gasteiger partial charge in [0.1, 0.15) is 11.6 Å². The predicted octanol–water partition coefficient (Wildman–Crippen LogP) is 4.88. The molecule has 30 heavy (non-hydrogen) atoms. The van der Waals surface area contributed by atoms with E-state index in [1.807, 2.05) is 52.7 Å². The number of thiazole rings is 1. The third-order valence-electron chi connectivity index (χ3n) is 4.84. The molecule has 0 spiro atoms. The first-order valence-corrected chi connectivity index (χ1v) is 11.7. The van der Waals surface area contributed by atoms with Crippen LogP contribution in [0.1, 0.15) is 28.9 Å². The van der Waals surface area contributed by atoms with Gasteiger partial charge in [0, 0.05) is 28.9 Å². The van der Waals surface area contributed by atoms with Gasteiger partial charge in [-0.15, -0.1) is 23.1 Å². The van der Waals surface area contributed by atoms with E-state index in [9.17, 15) is 9.59 Å². The van der Waals surface area contributed by atoms with Gasteiger partial charge >= 0.3 is 5.97 Å². The average Bonchev–Trinajstić information content (AvgIpc) is 3.49. The van der Waals surface area contributed by atoms with Crippen LogP contribution >= 0.6 is 23.1 Å². The van der Waals surface area contributed by atoms with Crippen LogP contribution in [0.25, 0.3) is 10.6 Å². The van der Waals surface area contributed by atoms with Crippen molar-refractivity contribution in [2.45, 2.75) is 24.3 Å². The largest absolute Gasteiger partial charge is 0.456 e. The number of hydrogen-bond acceptors (Lipinski definition) is 6. The summed E-state index contributed by atoms with van der Waals surface area (Å²) < 4.78 is 5.51. The van der Waals surface area contributed by atoms with E-state index >= 15 is 0 Å². The summed E-state index contributed by atoms with van der Waals surface area (Å²) in [6.45, 7) is 1.79. The van der Waals surface area contributed by atoms with Gasteiger partial charge in [0.05, 0.1) is 17.0 Å². The van der Waals surface area contributed by atoms with Gasteiger partial charge in [-0.05, 0) is 25.0 Å². The SMILES string of the molecule is O=C(OCc1csc(-c2ccccc2)n1)c1ccccc1SCC(=O)N1CCCC1. The Balaban J connectivity index is 1.36. The number of nitrogens with zero attached hydrogens (tertiary/aromatic N) is 2. The Morgan fingerprint density at radius 2 is 1.77 bits per heavy atom. The lowest BCUT2D eigenvalue weighted by Crippen LogP contribution is -2.29. The molecule has 1 fully saturated rings. The highest BCUT2D eigenvalue weighted by Gasteiger charge is 2.20. The number of likely N-dealkylation sites (tertiary alicyclic amines) is 1. The Hall–Kier alpha value is -2.64. The molecule has 1 amide bonds. The van der Waals surface area contributed by atoms with E-state index in [1.165, 1.54) is 23.1 Å². The molecule has 1 aliphatic heterocycles. The Labute approximate surface area is 184 Å². The summed E-state index contributed by atoms with van der Waals surface area (Å²) in [5.74, 6) is 0.0501. The Kier molecular flexibility index (Phi) is 6.81. The quantitative estimate of drug-likeness (QED) is 0.389. The van der Waals surface area contributed by atoms with Crippen LogP contribution in [-0.4, -0.2) is 40.6 Å². The maximum absolute atomic E-state index is 12.7. The van der Waals surface area contributed by atoms with Gasteiger partial charge in [0.25, 0.3) is 0 Å². The normalized spacial score (nSPS) is 13.4. The van der Waals surface area contributed by atoms with Gasteiger partial charge in [-0.25, -0.2) is 9.78 Å². The van der Waals surface area contributed by atoms with Gasteiger partial charge in [-0.2, -0.15) is 0 Å². The van der Waals surface area contributed by atoms with Crippen LogP contribution in [-0.2, 0) is 16.1 Å². The number of aromatic nitrogens is 1. The third kappa shape index (κ3) is 5.09. The van der Waals surface area contributed by atoms with Crippen molar-refractivity contribution in [1.82, 2.24) is 9.88 Å². The van der Waals surface area contributed by atoms with Crippen LogP contribution in [0.15, 0.2) is 64.9 Å². The topological polar surface area (TPSA) is 59.5 Å². The summed E-state index contributed by atoms with van der Waals surface area (Å²) >= 11 is 2.92. The fourth-order valence-electron chi connectivity index (χ4n) is 3.26. The summed E-state index contributed by atoms with van der Waals surface area (Å²) in [7, 11) is 0. The lowest BCUT2D eigenvalue weighted by molar-refractivity contribution is -0.127. The lowest BCUT2D eigenvalue weighted by atomic mass is 10.2. The molecule has 1 aliphatic rings. The molecule has 2 aromatic carbocycles. The van der Waals surface area contributed by atoms with Crippen molar-refractivity contribution in [2.75, 3.05) is 18.8 Å². The van der Waals surface area contributed by atoms with E-state index in [0.717, 1.165) is 47.1 Å². The van der Waals surface area contributed by atoms with Gasteiger partial charge in [-0.1, -0.05) is 42.5 Å². The molecule has 1 saturated heterocycles. The maximum atomic E-state index is 12.7. The maximum Gasteiger partial charge on any atom is 0.339 e. The second kappa shape index (κ2) is 9.91. The summed E-state index contributed by atoms with van der Waals surface area (Å²) in [5, 5.41) is 2.81. The summed E-state index contributed by atoms with van der Waals surface area (Å²) in [5.41, 5.74) is 2.25. The number of benzene rings is 2. The van der Waals surface area contributed by atoms with E-state index < -0.39 is 5.97 Å². The molecule has 7 heteroatoms. The second-order valence-corrected chi connectivity index (χ2v) is 8.83. The Bertz CT molecular complexity index is 1010. The van der Waals surface area contributed by atoms with Crippen molar-refractivity contribution in [3.8, 4) is 10.6 Å². The number of amides is 1. The van der Waals surface area contributed by atoms with Gasteiger partial charge in [0.2, 0.25) is 5.91 Å². The van der Waals surface area contributed by atoms with Gasteiger partial charge < -0.3 is 9.64 Å². The zero-order chi connectivity index (χ0) is 20.8. The van der Waals surface area contributed by atoms with Crippen LogP contribution in [0.5, 0.6) is 0 Å². The molecule has 0 saturated carbocycles. The first-order valence-electron chi connectivity index (χ1n) is 9.87. The average molecular weight is 439 g/mol. The summed E-state index contributed by atoms with van der Waals surface area (Å²) in [6, 6.07) is 17.2. The van der Waals surface area contributed by atoms with Crippen molar-refractivity contribution in [2.24, 2.45) is 0 Å². The van der Waals surface area contributed by atoms with E-state index in [0.29, 0.717) is 11.3 Å². The second-order valence-electron chi connectivity index (χ2n) is 6.96. The van der Waals surface area contributed by atoms with Crippen LogP contribution in [0.2, 0.25) is 0 Å². The van der Waals surface area contributed by atoms with Gasteiger partial charge in [-0.3, -0.25) is 4.79 Å². The van der Waals surface area contributed by atoms with Crippen LogP contribution in [0.4, 0.5) is 0 Å². The smallest absolute Gasteiger partial charge is 0.339 e. The number of hydrogen-bond donors (Lipinski definition) is 0. The van der Waals surface area contributed by atoms with Crippen molar-refractivity contribution in [3.05, 3.63) is 71.2 Å². The van der Waals surface area contributed by atoms with Crippen molar-refractivity contribution >= 4 is 35.0 Å². The van der Waals surface area contributed by atoms with Crippen molar-refractivity contribution < 1.29 is 14.3 Å². The first-order chi connectivity index (χ1) is 14.7. The molecule has 5 nitrogen and oxygen atoms in total. The van der Waals surface area contributed by atoms with E-state index in [2.05, 4.69) is 4.98 Å². The number of carbonyl (C=O) groups is 2. The molecule has 0 atom stereocenters.